The van der Waals surface area contributed by atoms with Gasteiger partial charge in [0.15, 0.2) is 0 Å². The molecule has 1 rings (SSSR count). The number of hydrogen-bond donors (Lipinski definition) is 2. The van der Waals surface area contributed by atoms with Gasteiger partial charge in [0.1, 0.15) is 5.54 Å². The van der Waals surface area contributed by atoms with E-state index >= 15 is 0 Å². The van der Waals surface area contributed by atoms with Crippen molar-refractivity contribution >= 4 is 5.91 Å². The summed E-state index contributed by atoms with van der Waals surface area (Å²) in [4.78, 5) is 14.2. The van der Waals surface area contributed by atoms with Crippen LogP contribution in [0.3, 0.4) is 0 Å². The molecule has 106 valence electrons. The van der Waals surface area contributed by atoms with Gasteiger partial charge in [0, 0.05) is 12.6 Å². The lowest BCUT2D eigenvalue weighted by molar-refractivity contribution is -0.126. The third kappa shape index (κ3) is 3.95. The Morgan fingerprint density at radius 2 is 2.11 bits per heavy atom. The second-order valence-corrected chi connectivity index (χ2v) is 6.00. The molecule has 0 aliphatic heterocycles. The Morgan fingerprint density at radius 1 is 1.50 bits per heavy atom. The smallest absolute Gasteiger partial charge is 0.239 e. The average Bonchev–Trinajstić information content (AvgIpc) is 3.08. The molecule has 0 saturated heterocycles. The first-order valence-electron chi connectivity index (χ1n) is 7.18. The van der Waals surface area contributed by atoms with Crippen molar-refractivity contribution in [2.75, 3.05) is 20.1 Å². The predicted octanol–water partition coefficient (Wildman–Crippen LogP) is 1.35. The quantitative estimate of drug-likeness (QED) is 0.654. The van der Waals surface area contributed by atoms with Gasteiger partial charge in [0.2, 0.25) is 5.91 Å². The Hall–Kier alpha value is -0.610. The SMILES string of the molecule is CCCCN(C)CC(NC(C)C)(C(N)=O)C1CC1. The van der Waals surface area contributed by atoms with Gasteiger partial charge in [0.25, 0.3) is 0 Å². The van der Waals surface area contributed by atoms with Gasteiger partial charge in [-0.1, -0.05) is 13.3 Å². The Balaban J connectivity index is 2.72. The first-order chi connectivity index (χ1) is 8.42. The summed E-state index contributed by atoms with van der Waals surface area (Å²) in [6, 6.07) is 0.276. The largest absolute Gasteiger partial charge is 0.368 e. The van der Waals surface area contributed by atoms with Gasteiger partial charge in [-0.2, -0.15) is 0 Å². The number of nitrogens with one attached hydrogen (secondary N) is 1. The maximum absolute atomic E-state index is 12.0. The molecule has 0 bridgehead atoms. The maximum Gasteiger partial charge on any atom is 0.239 e. The number of nitrogens with two attached hydrogens (primary N) is 1. The van der Waals surface area contributed by atoms with Crippen LogP contribution >= 0.6 is 0 Å². The Bertz CT molecular complexity index is 276. The molecule has 18 heavy (non-hydrogen) atoms. The molecular weight excluding hydrogens is 226 g/mol. The zero-order chi connectivity index (χ0) is 13.8. The van der Waals surface area contributed by atoms with Gasteiger partial charge in [-0.15, -0.1) is 0 Å². The van der Waals surface area contributed by atoms with Crippen molar-refractivity contribution in [2.24, 2.45) is 11.7 Å². The highest BCUT2D eigenvalue weighted by atomic mass is 16.1. The maximum atomic E-state index is 12.0. The highest BCUT2D eigenvalue weighted by Gasteiger charge is 2.50. The predicted molar refractivity (Wildman–Crippen MR) is 75.3 cm³/mol. The number of unbranched alkanes of at least 4 members (excludes halogenated alkanes) is 1. The normalized spacial score (nSPS) is 19.2. The van der Waals surface area contributed by atoms with E-state index in [0.717, 1.165) is 32.4 Å². The highest BCUT2D eigenvalue weighted by molar-refractivity contribution is 5.86. The summed E-state index contributed by atoms with van der Waals surface area (Å²) in [5.74, 6) is 0.225. The van der Waals surface area contributed by atoms with E-state index in [2.05, 4.69) is 38.0 Å². The molecule has 1 fully saturated rings. The van der Waals surface area contributed by atoms with Crippen LogP contribution in [-0.4, -0.2) is 42.5 Å². The van der Waals surface area contributed by atoms with Crippen molar-refractivity contribution < 1.29 is 4.79 Å². The Kier molecular flexibility index (Phi) is 5.60. The molecule has 3 N–H and O–H groups in total. The first-order valence-corrected chi connectivity index (χ1v) is 7.18. The summed E-state index contributed by atoms with van der Waals surface area (Å²) in [6.07, 6.45) is 4.57. The van der Waals surface area contributed by atoms with Crippen LogP contribution in [-0.2, 0) is 4.79 Å². The molecule has 1 unspecified atom stereocenters. The number of amides is 1. The number of hydrogen-bond acceptors (Lipinski definition) is 3. The van der Waals surface area contributed by atoms with Crippen LogP contribution in [0.4, 0.5) is 0 Å². The van der Waals surface area contributed by atoms with E-state index in [9.17, 15) is 4.79 Å². The topological polar surface area (TPSA) is 58.4 Å². The molecule has 4 nitrogen and oxygen atoms in total. The van der Waals surface area contributed by atoms with Crippen molar-refractivity contribution in [3.8, 4) is 0 Å². The summed E-state index contributed by atoms with van der Waals surface area (Å²) in [6.45, 7) is 8.09. The van der Waals surface area contributed by atoms with Crippen molar-refractivity contribution in [3.05, 3.63) is 0 Å². The van der Waals surface area contributed by atoms with Crippen molar-refractivity contribution in [1.29, 1.82) is 0 Å². The Morgan fingerprint density at radius 3 is 2.50 bits per heavy atom. The number of carbonyl (C=O) groups excluding carboxylic acids is 1. The molecule has 1 aliphatic carbocycles. The van der Waals surface area contributed by atoms with E-state index in [0.29, 0.717) is 5.92 Å². The molecule has 0 radical (unpaired) electrons. The lowest BCUT2D eigenvalue weighted by atomic mass is 9.90. The molecular formula is C14H29N3O. The van der Waals surface area contributed by atoms with E-state index in [1.165, 1.54) is 6.42 Å². The molecule has 4 heteroatoms. The van der Waals surface area contributed by atoms with Crippen LogP contribution in [0.25, 0.3) is 0 Å². The molecule has 1 atom stereocenters. The van der Waals surface area contributed by atoms with Crippen molar-refractivity contribution in [2.45, 2.75) is 58.0 Å². The minimum Gasteiger partial charge on any atom is -0.368 e. The number of primary amides is 1. The van der Waals surface area contributed by atoms with Crippen LogP contribution in [0.15, 0.2) is 0 Å². The van der Waals surface area contributed by atoms with Gasteiger partial charge in [0.05, 0.1) is 0 Å². The fraction of sp³-hybridized carbons (Fsp3) is 0.929. The summed E-state index contributed by atoms with van der Waals surface area (Å²) >= 11 is 0. The monoisotopic (exact) mass is 255 g/mol. The number of carbonyl (C=O) groups is 1. The second kappa shape index (κ2) is 6.53. The number of likely N-dealkylation sites (N-methyl/N-ethyl adjacent to an activating group) is 1. The van der Waals surface area contributed by atoms with Crippen molar-refractivity contribution in [1.82, 2.24) is 10.2 Å². The molecule has 0 heterocycles. The average molecular weight is 255 g/mol. The third-order valence-corrected chi connectivity index (χ3v) is 3.67. The van der Waals surface area contributed by atoms with Gasteiger partial charge >= 0.3 is 0 Å². The molecule has 1 aliphatic rings. The molecule has 0 aromatic rings. The summed E-state index contributed by atoms with van der Waals surface area (Å²) in [7, 11) is 2.08. The van der Waals surface area contributed by atoms with Crippen LogP contribution in [0.5, 0.6) is 0 Å². The van der Waals surface area contributed by atoms with E-state index in [-0.39, 0.29) is 11.9 Å². The van der Waals surface area contributed by atoms with E-state index in [4.69, 9.17) is 5.73 Å². The summed E-state index contributed by atoms with van der Waals surface area (Å²) in [5, 5.41) is 3.45. The fourth-order valence-corrected chi connectivity index (χ4v) is 2.67. The fourth-order valence-electron chi connectivity index (χ4n) is 2.67. The highest BCUT2D eigenvalue weighted by Crippen LogP contribution is 2.40. The van der Waals surface area contributed by atoms with E-state index in [1.54, 1.807) is 0 Å². The van der Waals surface area contributed by atoms with Crippen LogP contribution in [0.1, 0.15) is 46.5 Å². The van der Waals surface area contributed by atoms with Gasteiger partial charge < -0.3 is 10.6 Å². The minimum atomic E-state index is -0.531. The number of rotatable bonds is 9. The van der Waals surface area contributed by atoms with Crippen LogP contribution in [0.2, 0.25) is 0 Å². The third-order valence-electron chi connectivity index (χ3n) is 3.67. The zero-order valence-electron chi connectivity index (χ0n) is 12.3. The lowest BCUT2D eigenvalue weighted by Crippen LogP contribution is -2.64. The van der Waals surface area contributed by atoms with E-state index < -0.39 is 5.54 Å². The molecule has 1 saturated carbocycles. The molecule has 1 amide bonds. The first kappa shape index (κ1) is 15.4. The minimum absolute atomic E-state index is 0.193. The Labute approximate surface area is 111 Å². The molecule has 0 aromatic carbocycles. The van der Waals surface area contributed by atoms with Crippen molar-refractivity contribution in [3.63, 3.8) is 0 Å². The second-order valence-electron chi connectivity index (χ2n) is 6.00. The standard InChI is InChI=1S/C14H29N3O/c1-5-6-9-17(4)10-14(13(15)18,12-7-8-12)16-11(2)3/h11-12,16H,5-10H2,1-4H3,(H2,15,18). The van der Waals surface area contributed by atoms with Gasteiger partial charge in [-0.25, -0.2) is 0 Å². The van der Waals surface area contributed by atoms with E-state index in [1.807, 2.05) is 0 Å². The van der Waals surface area contributed by atoms with Crippen LogP contribution < -0.4 is 11.1 Å². The zero-order valence-corrected chi connectivity index (χ0v) is 12.3. The lowest BCUT2D eigenvalue weighted by Gasteiger charge is -2.37. The van der Waals surface area contributed by atoms with Gasteiger partial charge in [-0.3, -0.25) is 10.1 Å². The summed E-state index contributed by atoms with van der Waals surface area (Å²) in [5.41, 5.74) is 5.18. The van der Waals surface area contributed by atoms with Crippen LogP contribution in [0, 0.1) is 5.92 Å². The summed E-state index contributed by atoms with van der Waals surface area (Å²) < 4.78 is 0. The number of nitrogens with zero attached hydrogens (tertiary/aromatic N) is 1. The molecule has 0 aromatic heterocycles. The molecule has 0 spiro atoms. The van der Waals surface area contributed by atoms with Gasteiger partial charge in [-0.05, 0) is 52.6 Å².